The van der Waals surface area contributed by atoms with Gasteiger partial charge in [-0.1, -0.05) is 147 Å². The Morgan fingerprint density at radius 2 is 1.02 bits per heavy atom. The molecule has 0 fully saturated rings. The van der Waals surface area contributed by atoms with Crippen LogP contribution in [0, 0.1) is 0 Å². The lowest BCUT2D eigenvalue weighted by atomic mass is 10.0. The fourth-order valence-electron chi connectivity index (χ4n) is 4.83. The number of esters is 2. The quantitative estimate of drug-likeness (QED) is 0.0503. The van der Waals surface area contributed by atoms with Crippen molar-refractivity contribution in [2.45, 2.75) is 180 Å². The first kappa shape index (κ1) is 39.4. The van der Waals surface area contributed by atoms with Crippen LogP contribution in [0.25, 0.3) is 0 Å². The summed E-state index contributed by atoms with van der Waals surface area (Å²) >= 11 is 0. The van der Waals surface area contributed by atoms with E-state index in [-0.39, 0.29) is 25.2 Å². The van der Waals surface area contributed by atoms with Crippen molar-refractivity contribution in [3.05, 3.63) is 24.3 Å². The Labute approximate surface area is 253 Å². The van der Waals surface area contributed by atoms with Crippen LogP contribution in [-0.4, -0.2) is 36.4 Å². The van der Waals surface area contributed by atoms with Crippen molar-refractivity contribution in [1.82, 2.24) is 0 Å². The van der Waals surface area contributed by atoms with E-state index in [9.17, 15) is 14.7 Å². The van der Waals surface area contributed by atoms with E-state index in [0.29, 0.717) is 12.8 Å². The Morgan fingerprint density at radius 3 is 1.54 bits per heavy atom. The summed E-state index contributed by atoms with van der Waals surface area (Å²) in [5, 5.41) is 9.50. The predicted octanol–water partition coefficient (Wildman–Crippen LogP) is 10.3. The number of unbranched alkanes of at least 4 members (excludes halogenated alkanes) is 19. The highest BCUT2D eigenvalue weighted by Crippen LogP contribution is 2.14. The van der Waals surface area contributed by atoms with Gasteiger partial charge >= 0.3 is 11.9 Å². The Bertz CT molecular complexity index is 627. The number of hydrogen-bond acceptors (Lipinski definition) is 5. The van der Waals surface area contributed by atoms with E-state index in [1.165, 1.54) is 89.9 Å². The fourth-order valence-corrected chi connectivity index (χ4v) is 4.83. The molecule has 240 valence electrons. The van der Waals surface area contributed by atoms with E-state index < -0.39 is 6.10 Å². The number of carbonyl (C=O) groups is 2. The highest BCUT2D eigenvalue weighted by atomic mass is 16.6. The topological polar surface area (TPSA) is 72.8 Å². The summed E-state index contributed by atoms with van der Waals surface area (Å²) in [7, 11) is 0. The lowest BCUT2D eigenvalue weighted by Crippen LogP contribution is -2.28. The smallest absolute Gasteiger partial charge is 0.306 e. The van der Waals surface area contributed by atoms with Crippen molar-refractivity contribution >= 4 is 11.9 Å². The van der Waals surface area contributed by atoms with Crippen LogP contribution in [0.4, 0.5) is 0 Å². The van der Waals surface area contributed by atoms with Crippen molar-refractivity contribution in [2.24, 2.45) is 0 Å². The first-order chi connectivity index (χ1) is 20.1. The van der Waals surface area contributed by atoms with Crippen LogP contribution in [-0.2, 0) is 19.1 Å². The summed E-state index contributed by atoms with van der Waals surface area (Å²) in [6.45, 7) is 4.05. The third-order valence-corrected chi connectivity index (χ3v) is 7.48. The lowest BCUT2D eigenvalue weighted by Gasteiger charge is -2.15. The number of aliphatic hydroxyl groups excluding tert-OH is 1. The van der Waals surface area contributed by atoms with Gasteiger partial charge in [0.05, 0.1) is 6.61 Å². The van der Waals surface area contributed by atoms with Gasteiger partial charge in [-0.2, -0.15) is 0 Å². The Morgan fingerprint density at radius 1 is 0.561 bits per heavy atom. The molecule has 0 aromatic rings. The SMILES string of the molecule is CCC/C=C\C/C=C\CCCCCCCC(=O)OC(CO)COC(=O)CCCCCCCCCCCCCCCC. The molecule has 0 bridgehead atoms. The molecular formula is C36H66O5. The summed E-state index contributed by atoms with van der Waals surface area (Å²) < 4.78 is 10.5. The number of rotatable bonds is 31. The van der Waals surface area contributed by atoms with Gasteiger partial charge in [0.25, 0.3) is 0 Å². The molecule has 0 radical (unpaired) electrons. The minimum atomic E-state index is -0.772. The molecule has 0 saturated carbocycles. The molecule has 5 heteroatoms. The maximum Gasteiger partial charge on any atom is 0.306 e. The fraction of sp³-hybridized carbons (Fsp3) is 0.833. The van der Waals surface area contributed by atoms with Crippen molar-refractivity contribution in [2.75, 3.05) is 13.2 Å². The molecule has 0 heterocycles. The number of carbonyl (C=O) groups excluding carboxylic acids is 2. The molecule has 0 saturated heterocycles. The Balaban J connectivity index is 3.58. The predicted molar refractivity (Wildman–Crippen MR) is 173 cm³/mol. The largest absolute Gasteiger partial charge is 0.462 e. The van der Waals surface area contributed by atoms with Gasteiger partial charge in [-0.25, -0.2) is 0 Å². The summed E-state index contributed by atoms with van der Waals surface area (Å²) in [4.78, 5) is 24.1. The molecule has 1 atom stereocenters. The number of ether oxygens (including phenoxy) is 2. The van der Waals surface area contributed by atoms with Crippen LogP contribution in [0.5, 0.6) is 0 Å². The van der Waals surface area contributed by atoms with Gasteiger partial charge in [-0.3, -0.25) is 9.59 Å². The molecular weight excluding hydrogens is 512 g/mol. The van der Waals surface area contributed by atoms with Gasteiger partial charge in [-0.05, 0) is 38.5 Å². The van der Waals surface area contributed by atoms with Crippen molar-refractivity contribution in [1.29, 1.82) is 0 Å². The monoisotopic (exact) mass is 578 g/mol. The first-order valence-electron chi connectivity index (χ1n) is 17.4. The van der Waals surface area contributed by atoms with Gasteiger partial charge in [0.15, 0.2) is 6.10 Å². The molecule has 0 aromatic carbocycles. The van der Waals surface area contributed by atoms with Crippen LogP contribution < -0.4 is 0 Å². The van der Waals surface area contributed by atoms with Gasteiger partial charge in [0, 0.05) is 12.8 Å². The minimum absolute atomic E-state index is 0.0679. The van der Waals surface area contributed by atoms with Crippen LogP contribution in [0.3, 0.4) is 0 Å². The number of hydrogen-bond donors (Lipinski definition) is 1. The van der Waals surface area contributed by atoms with E-state index in [4.69, 9.17) is 9.47 Å². The van der Waals surface area contributed by atoms with E-state index in [1.807, 2.05) is 0 Å². The molecule has 1 N–H and O–H groups in total. The van der Waals surface area contributed by atoms with Crippen molar-refractivity contribution < 1.29 is 24.2 Å². The molecule has 5 nitrogen and oxygen atoms in total. The Kier molecular flexibility index (Phi) is 31.6. The molecule has 0 amide bonds. The second-order valence-corrected chi connectivity index (χ2v) is 11.6. The molecule has 0 aliphatic rings. The highest BCUT2D eigenvalue weighted by molar-refractivity contribution is 5.70. The summed E-state index contributed by atoms with van der Waals surface area (Å²) in [5.74, 6) is -0.604. The van der Waals surface area contributed by atoms with E-state index in [2.05, 4.69) is 38.2 Å². The molecule has 0 spiro atoms. The standard InChI is InChI=1S/C36H66O5/c1-3-5-7-9-11-13-15-17-19-20-22-24-26-28-30-35(38)40-33-34(32-37)41-36(39)31-29-27-25-23-21-18-16-14-12-10-8-6-4-2/h8,10,14,16,34,37H,3-7,9,11-13,15,17-33H2,1-2H3/b10-8-,16-14-. The van der Waals surface area contributed by atoms with Crippen LogP contribution in [0.1, 0.15) is 174 Å². The van der Waals surface area contributed by atoms with Gasteiger partial charge in [-0.15, -0.1) is 0 Å². The number of aliphatic hydroxyl groups is 1. The molecule has 41 heavy (non-hydrogen) atoms. The average molecular weight is 579 g/mol. The second kappa shape index (κ2) is 32.9. The minimum Gasteiger partial charge on any atom is -0.462 e. The molecule has 1 unspecified atom stereocenters. The van der Waals surface area contributed by atoms with Gasteiger partial charge in [0.2, 0.25) is 0 Å². The van der Waals surface area contributed by atoms with Crippen molar-refractivity contribution in [3.63, 3.8) is 0 Å². The Hall–Kier alpha value is -1.62. The highest BCUT2D eigenvalue weighted by Gasteiger charge is 2.16. The maximum absolute atomic E-state index is 12.1. The molecule has 0 rings (SSSR count). The molecule has 0 aromatic heterocycles. The van der Waals surface area contributed by atoms with E-state index in [1.54, 1.807) is 0 Å². The van der Waals surface area contributed by atoms with Gasteiger partial charge < -0.3 is 14.6 Å². The van der Waals surface area contributed by atoms with E-state index >= 15 is 0 Å². The van der Waals surface area contributed by atoms with Gasteiger partial charge in [0.1, 0.15) is 6.61 Å². The van der Waals surface area contributed by atoms with Crippen molar-refractivity contribution in [3.8, 4) is 0 Å². The third kappa shape index (κ3) is 31.2. The second-order valence-electron chi connectivity index (χ2n) is 11.6. The maximum atomic E-state index is 12.1. The molecule has 0 aliphatic carbocycles. The average Bonchev–Trinajstić information content (AvgIpc) is 2.97. The zero-order valence-corrected chi connectivity index (χ0v) is 27.1. The number of allylic oxidation sites excluding steroid dienone is 4. The molecule has 0 aliphatic heterocycles. The third-order valence-electron chi connectivity index (χ3n) is 7.48. The lowest BCUT2D eigenvalue weighted by molar-refractivity contribution is -0.161. The summed E-state index contributed by atoms with van der Waals surface area (Å²) in [5.41, 5.74) is 0. The summed E-state index contributed by atoms with van der Waals surface area (Å²) in [6.07, 6.45) is 36.6. The van der Waals surface area contributed by atoms with Crippen LogP contribution in [0.15, 0.2) is 24.3 Å². The normalized spacial score (nSPS) is 12.4. The van der Waals surface area contributed by atoms with Crippen LogP contribution in [0.2, 0.25) is 0 Å². The van der Waals surface area contributed by atoms with E-state index in [0.717, 1.165) is 57.8 Å². The zero-order chi connectivity index (χ0) is 30.1. The first-order valence-corrected chi connectivity index (χ1v) is 17.4. The zero-order valence-electron chi connectivity index (χ0n) is 27.1. The summed E-state index contributed by atoms with van der Waals surface area (Å²) in [6, 6.07) is 0. The van der Waals surface area contributed by atoms with Crippen LogP contribution >= 0.6 is 0 Å².